The summed E-state index contributed by atoms with van der Waals surface area (Å²) in [6.07, 6.45) is 13.2. The Morgan fingerprint density at radius 2 is 1.08 bits per heavy atom. The van der Waals surface area contributed by atoms with Crippen LogP contribution in [0.1, 0.15) is 134 Å². The second kappa shape index (κ2) is 13.2. The Balaban J connectivity index is 1.77. The van der Waals surface area contributed by atoms with Gasteiger partial charge in [0.05, 0.1) is 12.1 Å². The van der Waals surface area contributed by atoms with Crippen molar-refractivity contribution in [1.29, 1.82) is 0 Å². The molecule has 0 heterocycles. The molecule has 0 radical (unpaired) electrons. The van der Waals surface area contributed by atoms with Crippen LogP contribution >= 0.6 is 0 Å². The van der Waals surface area contributed by atoms with Crippen molar-refractivity contribution in [2.45, 2.75) is 136 Å². The Morgan fingerprint density at radius 1 is 0.692 bits per heavy atom. The van der Waals surface area contributed by atoms with Gasteiger partial charge in [-0.25, -0.2) is 0 Å². The van der Waals surface area contributed by atoms with E-state index in [9.17, 15) is 10.2 Å². The lowest BCUT2D eigenvalue weighted by Gasteiger charge is -2.23. The van der Waals surface area contributed by atoms with Crippen LogP contribution in [-0.2, 0) is 23.7 Å². The maximum Gasteiger partial charge on any atom is 0.128 e. The van der Waals surface area contributed by atoms with Gasteiger partial charge >= 0.3 is 0 Å². The maximum absolute atomic E-state index is 11.1. The first-order chi connectivity index (χ1) is 18.3. The topological polar surface area (TPSA) is 65.2 Å². The zero-order valence-corrected chi connectivity index (χ0v) is 25.8. The summed E-state index contributed by atoms with van der Waals surface area (Å²) in [5.74, 6) is 0.708. The van der Waals surface area contributed by atoms with Gasteiger partial charge in [-0.2, -0.15) is 0 Å². The summed E-state index contributed by atoms with van der Waals surface area (Å²) in [5, 5.41) is 22.1. The molecular formula is C35H52N2O2. The monoisotopic (exact) mass is 532 g/mol. The van der Waals surface area contributed by atoms with Gasteiger partial charge in [-0.3, -0.25) is 9.98 Å². The van der Waals surface area contributed by atoms with Crippen LogP contribution in [0, 0.1) is 0 Å². The standard InChI is InChI=1S/C35H52N2O2/c1-9-11-13-24-17-26(32(38)30(19-24)34(3,4)5)22-36-28-15-16-29(21-28)37-23-27-18-25(14-12-10-2)20-31(33(27)39)35(6,7)8/h17-20,22-23,28-29,38-39H,9-16,21H2,1-8H3. The van der Waals surface area contributed by atoms with Crippen LogP contribution in [0.2, 0.25) is 0 Å². The average Bonchev–Trinajstić information content (AvgIpc) is 3.32. The van der Waals surface area contributed by atoms with Gasteiger partial charge < -0.3 is 10.2 Å². The molecule has 0 spiro atoms. The van der Waals surface area contributed by atoms with E-state index in [0.29, 0.717) is 11.5 Å². The number of hydrogen-bond acceptors (Lipinski definition) is 4. The molecule has 2 unspecified atom stereocenters. The van der Waals surface area contributed by atoms with E-state index in [2.05, 4.69) is 79.7 Å². The quantitative estimate of drug-likeness (QED) is 0.300. The van der Waals surface area contributed by atoms with E-state index in [-0.39, 0.29) is 22.9 Å². The van der Waals surface area contributed by atoms with Crippen LogP contribution in [-0.4, -0.2) is 34.7 Å². The Kier molecular flexibility index (Phi) is 10.4. The van der Waals surface area contributed by atoms with Crippen LogP contribution in [0.4, 0.5) is 0 Å². The van der Waals surface area contributed by atoms with Gasteiger partial charge in [-0.05, 0) is 79.0 Å². The van der Waals surface area contributed by atoms with Crippen molar-refractivity contribution in [3.63, 3.8) is 0 Å². The summed E-state index contributed by atoms with van der Waals surface area (Å²) < 4.78 is 0. The number of unbranched alkanes of at least 4 members (excludes halogenated alkanes) is 2. The number of aromatic hydroxyl groups is 2. The van der Waals surface area contributed by atoms with Gasteiger partial charge in [0.15, 0.2) is 0 Å². The Labute approximate surface area is 237 Å². The zero-order valence-electron chi connectivity index (χ0n) is 25.8. The fourth-order valence-corrected chi connectivity index (χ4v) is 5.41. The van der Waals surface area contributed by atoms with Gasteiger partial charge in [0.1, 0.15) is 11.5 Å². The summed E-state index contributed by atoms with van der Waals surface area (Å²) >= 11 is 0. The molecule has 0 amide bonds. The van der Waals surface area contributed by atoms with E-state index < -0.39 is 0 Å². The van der Waals surface area contributed by atoms with E-state index in [1.54, 1.807) is 0 Å². The lowest BCUT2D eigenvalue weighted by atomic mass is 9.83. The Bertz CT molecular complexity index is 1070. The third-order valence-electron chi connectivity index (χ3n) is 7.88. The number of phenolic OH excluding ortho intramolecular Hbond substituents is 2. The number of benzene rings is 2. The van der Waals surface area contributed by atoms with Gasteiger partial charge in [0.2, 0.25) is 0 Å². The highest BCUT2D eigenvalue weighted by atomic mass is 16.3. The van der Waals surface area contributed by atoms with Crippen molar-refractivity contribution < 1.29 is 10.2 Å². The van der Waals surface area contributed by atoms with Gasteiger partial charge in [-0.1, -0.05) is 80.4 Å². The van der Waals surface area contributed by atoms with Crippen molar-refractivity contribution in [1.82, 2.24) is 0 Å². The molecule has 0 bridgehead atoms. The fourth-order valence-electron chi connectivity index (χ4n) is 5.41. The number of nitrogens with zero attached hydrogens (tertiary/aromatic N) is 2. The van der Waals surface area contributed by atoms with Crippen LogP contribution in [0.15, 0.2) is 34.3 Å². The minimum absolute atomic E-state index is 0.131. The third-order valence-corrected chi connectivity index (χ3v) is 7.88. The first-order valence-corrected chi connectivity index (χ1v) is 15.1. The first-order valence-electron chi connectivity index (χ1n) is 15.1. The fraction of sp³-hybridized carbons (Fsp3) is 0.600. The molecule has 4 heteroatoms. The lowest BCUT2D eigenvalue weighted by molar-refractivity contribution is 0.444. The molecule has 0 aromatic heterocycles. The summed E-state index contributed by atoms with van der Waals surface area (Å²) in [4.78, 5) is 9.82. The normalized spacial score (nSPS) is 18.6. The molecular weight excluding hydrogens is 480 g/mol. The molecule has 39 heavy (non-hydrogen) atoms. The average molecular weight is 533 g/mol. The highest BCUT2D eigenvalue weighted by Crippen LogP contribution is 2.36. The molecule has 1 aliphatic carbocycles. The van der Waals surface area contributed by atoms with Crippen molar-refractivity contribution in [3.05, 3.63) is 57.6 Å². The maximum atomic E-state index is 11.1. The largest absolute Gasteiger partial charge is 0.507 e. The number of hydrogen-bond donors (Lipinski definition) is 2. The van der Waals surface area contributed by atoms with E-state index in [1.807, 2.05) is 12.4 Å². The second-order valence-electron chi connectivity index (χ2n) is 13.5. The molecule has 2 atom stereocenters. The molecule has 1 aliphatic rings. The number of aliphatic imine (C=N–C) groups is 2. The number of phenols is 2. The molecule has 3 rings (SSSR count). The van der Waals surface area contributed by atoms with Crippen molar-refractivity contribution in [2.75, 3.05) is 0 Å². The molecule has 1 fully saturated rings. The van der Waals surface area contributed by atoms with Crippen molar-refractivity contribution >= 4 is 12.4 Å². The summed E-state index contributed by atoms with van der Waals surface area (Å²) in [6.45, 7) is 17.3. The molecule has 1 saturated carbocycles. The molecule has 0 saturated heterocycles. The van der Waals surface area contributed by atoms with E-state index in [0.717, 1.165) is 80.0 Å². The van der Waals surface area contributed by atoms with Crippen LogP contribution in [0.5, 0.6) is 11.5 Å². The summed E-state index contributed by atoms with van der Waals surface area (Å²) in [7, 11) is 0. The molecule has 214 valence electrons. The predicted octanol–water partition coefficient (Wildman–Crippen LogP) is 8.84. The highest BCUT2D eigenvalue weighted by Gasteiger charge is 2.25. The smallest absolute Gasteiger partial charge is 0.128 e. The number of rotatable bonds is 10. The SMILES string of the molecule is CCCCc1cc(C=NC2CCC(N=Cc3cc(CCCC)cc(C(C)(C)C)c3O)C2)c(O)c(C(C)(C)C)c1. The van der Waals surface area contributed by atoms with E-state index in [1.165, 1.54) is 11.1 Å². The predicted molar refractivity (Wildman–Crippen MR) is 167 cm³/mol. The minimum atomic E-state index is -0.131. The summed E-state index contributed by atoms with van der Waals surface area (Å²) in [5.41, 5.74) is 5.90. The minimum Gasteiger partial charge on any atom is -0.507 e. The van der Waals surface area contributed by atoms with Crippen LogP contribution < -0.4 is 0 Å². The Morgan fingerprint density at radius 3 is 1.41 bits per heavy atom. The van der Waals surface area contributed by atoms with Gasteiger partial charge in [0.25, 0.3) is 0 Å². The Hall–Kier alpha value is -2.62. The number of aryl methyl sites for hydroxylation is 2. The zero-order chi connectivity index (χ0) is 28.8. The molecule has 4 nitrogen and oxygen atoms in total. The van der Waals surface area contributed by atoms with Crippen molar-refractivity contribution in [2.24, 2.45) is 9.98 Å². The van der Waals surface area contributed by atoms with Crippen molar-refractivity contribution in [3.8, 4) is 11.5 Å². The van der Waals surface area contributed by atoms with E-state index >= 15 is 0 Å². The molecule has 0 aliphatic heterocycles. The lowest BCUT2D eigenvalue weighted by Crippen LogP contribution is -2.13. The van der Waals surface area contributed by atoms with Crippen LogP contribution in [0.3, 0.4) is 0 Å². The van der Waals surface area contributed by atoms with E-state index in [4.69, 9.17) is 9.98 Å². The van der Waals surface area contributed by atoms with Gasteiger partial charge in [-0.15, -0.1) is 0 Å². The molecule has 2 aromatic rings. The highest BCUT2D eigenvalue weighted by molar-refractivity contribution is 5.86. The van der Waals surface area contributed by atoms with Gasteiger partial charge in [0, 0.05) is 34.7 Å². The molecule has 2 N–H and O–H groups in total. The third kappa shape index (κ3) is 8.43. The summed E-state index contributed by atoms with van der Waals surface area (Å²) in [6, 6.07) is 8.93. The second-order valence-corrected chi connectivity index (χ2v) is 13.5. The molecule has 2 aromatic carbocycles. The first kappa shape index (κ1) is 30.9. The van der Waals surface area contributed by atoms with Crippen LogP contribution in [0.25, 0.3) is 0 Å².